The number of nitrogens with zero attached hydrogens (tertiary/aromatic N) is 4. The maximum absolute atomic E-state index is 5.39. The number of aromatic nitrogens is 3. The molecule has 1 aliphatic rings. The smallest absolute Gasteiger partial charge is 0.323 e. The van der Waals surface area contributed by atoms with Gasteiger partial charge in [-0.3, -0.25) is 5.43 Å². The van der Waals surface area contributed by atoms with Crippen LogP contribution in [0.5, 0.6) is 6.01 Å². The van der Waals surface area contributed by atoms with Crippen molar-refractivity contribution in [2.24, 2.45) is 11.8 Å². The second kappa shape index (κ2) is 7.20. The van der Waals surface area contributed by atoms with E-state index in [4.69, 9.17) is 15.3 Å². The van der Waals surface area contributed by atoms with Crippen molar-refractivity contribution in [3.8, 4) is 6.01 Å². The normalized spacial score (nSPS) is 18.9. The molecule has 2 heterocycles. The van der Waals surface area contributed by atoms with Gasteiger partial charge < -0.3 is 14.4 Å². The fourth-order valence-electron chi connectivity index (χ4n) is 2.36. The van der Waals surface area contributed by atoms with Crippen LogP contribution in [0.25, 0.3) is 0 Å². The predicted octanol–water partition coefficient (Wildman–Crippen LogP) is 0.419. The van der Waals surface area contributed by atoms with Crippen molar-refractivity contribution in [1.29, 1.82) is 0 Å². The van der Waals surface area contributed by atoms with Gasteiger partial charge in [0.25, 0.3) is 0 Å². The summed E-state index contributed by atoms with van der Waals surface area (Å²) >= 11 is 0. The highest BCUT2D eigenvalue weighted by Gasteiger charge is 2.23. The lowest BCUT2D eigenvalue weighted by molar-refractivity contribution is 0.143. The Kier molecular flexibility index (Phi) is 5.31. The summed E-state index contributed by atoms with van der Waals surface area (Å²) in [6, 6.07) is 0.291. The monoisotopic (exact) mass is 282 g/mol. The van der Waals surface area contributed by atoms with Crippen LogP contribution in [0.1, 0.15) is 19.8 Å². The van der Waals surface area contributed by atoms with Crippen LogP contribution in [0.4, 0.5) is 11.9 Å². The van der Waals surface area contributed by atoms with E-state index >= 15 is 0 Å². The lowest BCUT2D eigenvalue weighted by Crippen LogP contribution is -2.38. The lowest BCUT2D eigenvalue weighted by atomic mass is 9.99. The molecule has 0 aliphatic carbocycles. The number of ether oxygens (including phenoxy) is 2. The molecule has 0 bridgehead atoms. The largest absolute Gasteiger partial charge is 0.464 e. The Balaban J connectivity index is 2.15. The molecule has 1 unspecified atom stereocenters. The minimum atomic E-state index is 0.291. The fourth-order valence-corrected chi connectivity index (χ4v) is 2.36. The molecule has 0 saturated carbocycles. The fraction of sp³-hybridized carbons (Fsp3) is 0.750. The number of rotatable bonds is 6. The number of nitrogens with one attached hydrogen (secondary N) is 1. The molecule has 0 aromatic carbocycles. The Bertz CT molecular complexity index is 428. The van der Waals surface area contributed by atoms with Crippen LogP contribution in [-0.4, -0.2) is 48.4 Å². The van der Waals surface area contributed by atoms with Crippen molar-refractivity contribution in [1.82, 2.24) is 15.0 Å². The van der Waals surface area contributed by atoms with Gasteiger partial charge in [0.05, 0.1) is 13.2 Å². The Hall–Kier alpha value is -1.67. The van der Waals surface area contributed by atoms with E-state index in [1.54, 1.807) is 7.11 Å². The van der Waals surface area contributed by atoms with E-state index in [9.17, 15) is 0 Å². The van der Waals surface area contributed by atoms with Crippen LogP contribution < -0.4 is 20.9 Å². The van der Waals surface area contributed by atoms with Crippen molar-refractivity contribution in [2.45, 2.75) is 19.8 Å². The highest BCUT2D eigenvalue weighted by Crippen LogP contribution is 2.22. The molecule has 1 aromatic heterocycles. The Morgan fingerprint density at radius 2 is 2.25 bits per heavy atom. The Morgan fingerprint density at radius 1 is 1.40 bits per heavy atom. The van der Waals surface area contributed by atoms with Crippen molar-refractivity contribution in [3.63, 3.8) is 0 Å². The molecule has 20 heavy (non-hydrogen) atoms. The van der Waals surface area contributed by atoms with Crippen molar-refractivity contribution >= 4 is 11.9 Å². The average Bonchev–Trinajstić information content (AvgIpc) is 2.48. The first kappa shape index (κ1) is 14.7. The summed E-state index contributed by atoms with van der Waals surface area (Å²) in [5.74, 6) is 6.79. The zero-order chi connectivity index (χ0) is 14.4. The third-order valence-electron chi connectivity index (χ3n) is 3.21. The third-order valence-corrected chi connectivity index (χ3v) is 3.21. The molecule has 112 valence electrons. The van der Waals surface area contributed by atoms with E-state index in [1.807, 2.05) is 6.92 Å². The quantitative estimate of drug-likeness (QED) is 0.572. The van der Waals surface area contributed by atoms with Gasteiger partial charge in [0.2, 0.25) is 11.9 Å². The van der Waals surface area contributed by atoms with E-state index < -0.39 is 0 Å². The average molecular weight is 282 g/mol. The number of hydrogen-bond donors (Lipinski definition) is 2. The number of piperidine rings is 1. The highest BCUT2D eigenvalue weighted by molar-refractivity contribution is 5.38. The van der Waals surface area contributed by atoms with Crippen LogP contribution in [-0.2, 0) is 4.74 Å². The lowest BCUT2D eigenvalue weighted by Gasteiger charge is -2.32. The van der Waals surface area contributed by atoms with Crippen molar-refractivity contribution in [3.05, 3.63) is 0 Å². The number of hydrogen-bond acceptors (Lipinski definition) is 8. The van der Waals surface area contributed by atoms with Gasteiger partial charge in [-0.05, 0) is 25.7 Å². The molecule has 3 N–H and O–H groups in total. The molecular formula is C12H22N6O2. The Morgan fingerprint density at radius 3 is 2.95 bits per heavy atom. The molecule has 1 saturated heterocycles. The third kappa shape index (κ3) is 3.67. The molecule has 1 aliphatic heterocycles. The van der Waals surface area contributed by atoms with Crippen molar-refractivity contribution < 1.29 is 9.47 Å². The van der Waals surface area contributed by atoms with Gasteiger partial charge in [-0.25, -0.2) is 5.84 Å². The van der Waals surface area contributed by atoms with E-state index in [0.29, 0.717) is 30.4 Å². The maximum Gasteiger partial charge on any atom is 0.323 e. The van der Waals surface area contributed by atoms with Gasteiger partial charge in [-0.1, -0.05) is 0 Å². The van der Waals surface area contributed by atoms with Crippen molar-refractivity contribution in [2.75, 3.05) is 43.7 Å². The van der Waals surface area contributed by atoms with Crippen LogP contribution in [0, 0.1) is 5.92 Å². The summed E-state index contributed by atoms with van der Waals surface area (Å²) in [7, 11) is 1.73. The molecule has 8 heteroatoms. The van der Waals surface area contributed by atoms with E-state index in [1.165, 1.54) is 0 Å². The summed E-state index contributed by atoms with van der Waals surface area (Å²) < 4.78 is 10.6. The molecule has 0 radical (unpaired) electrons. The van der Waals surface area contributed by atoms with Crippen LogP contribution >= 0.6 is 0 Å². The number of nitrogen functional groups attached to an aromatic ring is 1. The first-order valence-corrected chi connectivity index (χ1v) is 6.86. The van der Waals surface area contributed by atoms with Gasteiger partial charge in [0.15, 0.2) is 0 Å². The standard InChI is InChI=1S/C12H22N6O2/c1-3-20-12-15-10(17-13)14-11(16-12)18-6-4-5-9(7-18)8-19-2/h9H,3-8,13H2,1-2H3,(H,14,15,16,17). The number of hydrazine groups is 1. The SMILES string of the molecule is CCOc1nc(NN)nc(N2CCCC(COC)C2)n1. The predicted molar refractivity (Wildman–Crippen MR) is 75.6 cm³/mol. The number of nitrogens with two attached hydrogens (primary N) is 1. The second-order valence-electron chi connectivity index (χ2n) is 4.73. The molecule has 0 spiro atoms. The van der Waals surface area contributed by atoms with E-state index in [0.717, 1.165) is 32.5 Å². The molecular weight excluding hydrogens is 260 g/mol. The van der Waals surface area contributed by atoms with Gasteiger partial charge >= 0.3 is 6.01 Å². The summed E-state index contributed by atoms with van der Waals surface area (Å²) in [5, 5.41) is 0. The van der Waals surface area contributed by atoms with Crippen LogP contribution in [0.15, 0.2) is 0 Å². The zero-order valence-corrected chi connectivity index (χ0v) is 12.0. The van der Waals surface area contributed by atoms with Crippen LogP contribution in [0.2, 0.25) is 0 Å². The van der Waals surface area contributed by atoms with Gasteiger partial charge in [0, 0.05) is 20.2 Å². The summed E-state index contributed by atoms with van der Waals surface area (Å²) in [6.07, 6.45) is 2.25. The van der Waals surface area contributed by atoms with Gasteiger partial charge in [0.1, 0.15) is 0 Å². The molecule has 8 nitrogen and oxygen atoms in total. The second-order valence-corrected chi connectivity index (χ2v) is 4.73. The Labute approximate surface area is 118 Å². The highest BCUT2D eigenvalue weighted by atomic mass is 16.5. The molecule has 2 rings (SSSR count). The minimum Gasteiger partial charge on any atom is -0.464 e. The summed E-state index contributed by atoms with van der Waals surface area (Å²) in [6.45, 7) is 4.92. The van der Waals surface area contributed by atoms with E-state index in [-0.39, 0.29) is 0 Å². The zero-order valence-electron chi connectivity index (χ0n) is 12.0. The minimum absolute atomic E-state index is 0.291. The van der Waals surface area contributed by atoms with Crippen LogP contribution in [0.3, 0.4) is 0 Å². The number of anilines is 2. The molecule has 0 amide bonds. The molecule has 1 fully saturated rings. The topological polar surface area (TPSA) is 98.4 Å². The first-order chi connectivity index (χ1) is 9.76. The number of methoxy groups -OCH3 is 1. The van der Waals surface area contributed by atoms with Gasteiger partial charge in [-0.15, -0.1) is 0 Å². The van der Waals surface area contributed by atoms with Gasteiger partial charge in [-0.2, -0.15) is 15.0 Å². The summed E-state index contributed by atoms with van der Waals surface area (Å²) in [4.78, 5) is 14.8. The first-order valence-electron chi connectivity index (χ1n) is 6.86. The summed E-state index contributed by atoms with van der Waals surface area (Å²) in [5.41, 5.74) is 2.45. The van der Waals surface area contributed by atoms with E-state index in [2.05, 4.69) is 25.3 Å². The molecule has 1 atom stereocenters. The maximum atomic E-state index is 5.39. The molecule has 1 aromatic rings.